The normalized spacial score (nSPS) is 17.7. The van der Waals surface area contributed by atoms with E-state index in [1.165, 1.54) is 12.3 Å². The van der Waals surface area contributed by atoms with Crippen molar-refractivity contribution >= 4 is 28.3 Å². The Labute approximate surface area is 165 Å². The van der Waals surface area contributed by atoms with Crippen LogP contribution in [0, 0.1) is 23.7 Å². The molecular formula is C20H18F2N6O. The number of hydrogen-bond acceptors (Lipinski definition) is 5. The number of hydrogen-bond donors (Lipinski definition) is 2. The molecule has 0 aliphatic heterocycles. The van der Waals surface area contributed by atoms with Gasteiger partial charge in [0.05, 0.1) is 5.56 Å². The van der Waals surface area contributed by atoms with Crippen molar-refractivity contribution in [1.29, 1.82) is 0 Å². The summed E-state index contributed by atoms with van der Waals surface area (Å²) < 4.78 is 25.9. The first-order valence-corrected chi connectivity index (χ1v) is 9.09. The van der Waals surface area contributed by atoms with Gasteiger partial charge < -0.3 is 10.6 Å². The average molecular weight is 396 g/mol. The highest BCUT2D eigenvalue weighted by atomic mass is 19.3. The minimum absolute atomic E-state index is 0.0296. The number of anilines is 2. The van der Waals surface area contributed by atoms with E-state index in [-0.39, 0.29) is 17.5 Å². The Morgan fingerprint density at radius 2 is 2.07 bits per heavy atom. The number of halogens is 2. The van der Waals surface area contributed by atoms with Crippen molar-refractivity contribution < 1.29 is 13.6 Å². The second-order valence-corrected chi connectivity index (χ2v) is 6.90. The first kappa shape index (κ1) is 18.8. The van der Waals surface area contributed by atoms with Gasteiger partial charge in [0.25, 0.3) is 0 Å². The molecule has 2 atom stereocenters. The van der Waals surface area contributed by atoms with Gasteiger partial charge in [0.1, 0.15) is 17.3 Å². The van der Waals surface area contributed by atoms with Crippen LogP contribution in [0.15, 0.2) is 30.7 Å². The first-order chi connectivity index (χ1) is 14.0. The largest absolute Gasteiger partial charge is 0.373 e. The SMILES string of the molecule is CNc1ncc(C#Cc2ccn(C(F)F)n2)c2cc(NC(=O)[C@H]3C[C@H]3C)ncc12. The van der Waals surface area contributed by atoms with Crippen LogP contribution < -0.4 is 10.6 Å². The quantitative estimate of drug-likeness (QED) is 0.662. The van der Waals surface area contributed by atoms with Crippen molar-refractivity contribution in [3.05, 3.63) is 42.0 Å². The molecule has 0 spiro atoms. The van der Waals surface area contributed by atoms with Crippen molar-refractivity contribution in [3.63, 3.8) is 0 Å². The van der Waals surface area contributed by atoms with Crippen LogP contribution in [0.4, 0.5) is 20.4 Å². The number of rotatable bonds is 4. The van der Waals surface area contributed by atoms with E-state index < -0.39 is 6.55 Å². The van der Waals surface area contributed by atoms with Crippen molar-refractivity contribution in [1.82, 2.24) is 19.7 Å². The Kier molecular flexibility index (Phi) is 4.84. The summed E-state index contributed by atoms with van der Waals surface area (Å²) in [4.78, 5) is 20.9. The molecule has 9 heteroatoms. The number of pyridine rings is 2. The highest BCUT2D eigenvalue weighted by Crippen LogP contribution is 2.38. The van der Waals surface area contributed by atoms with Crippen LogP contribution in [0.25, 0.3) is 10.8 Å². The summed E-state index contributed by atoms with van der Waals surface area (Å²) in [5.74, 6) is 7.13. The fourth-order valence-electron chi connectivity index (χ4n) is 3.05. The summed E-state index contributed by atoms with van der Waals surface area (Å²) in [5.41, 5.74) is 0.796. The molecule has 148 valence electrons. The third kappa shape index (κ3) is 3.87. The summed E-state index contributed by atoms with van der Waals surface area (Å²) in [7, 11) is 1.74. The van der Waals surface area contributed by atoms with Gasteiger partial charge in [0.15, 0.2) is 0 Å². The van der Waals surface area contributed by atoms with Gasteiger partial charge in [-0.2, -0.15) is 13.9 Å². The summed E-state index contributed by atoms with van der Waals surface area (Å²) in [6.45, 7) is -0.680. The van der Waals surface area contributed by atoms with E-state index in [4.69, 9.17) is 0 Å². The molecule has 0 aromatic carbocycles. The van der Waals surface area contributed by atoms with Crippen LogP contribution in [0.5, 0.6) is 0 Å². The van der Waals surface area contributed by atoms with Crippen molar-refractivity contribution in [3.8, 4) is 11.8 Å². The van der Waals surface area contributed by atoms with Crippen LogP contribution in [0.1, 0.15) is 31.2 Å². The van der Waals surface area contributed by atoms with Crippen LogP contribution in [-0.4, -0.2) is 32.7 Å². The average Bonchev–Trinajstić information content (AvgIpc) is 3.25. The lowest BCUT2D eigenvalue weighted by molar-refractivity contribution is -0.117. The molecule has 0 bridgehead atoms. The molecule has 3 aromatic heterocycles. The lowest BCUT2D eigenvalue weighted by Crippen LogP contribution is -2.15. The van der Waals surface area contributed by atoms with E-state index >= 15 is 0 Å². The maximum Gasteiger partial charge on any atom is 0.333 e. The van der Waals surface area contributed by atoms with Crippen LogP contribution >= 0.6 is 0 Å². The van der Waals surface area contributed by atoms with E-state index in [0.29, 0.717) is 27.8 Å². The molecule has 3 aromatic rings. The minimum atomic E-state index is -2.71. The van der Waals surface area contributed by atoms with Gasteiger partial charge in [0, 0.05) is 42.3 Å². The molecule has 1 saturated carbocycles. The standard InChI is InChI=1S/C20H18F2N6O/c1-11-7-14(11)19(29)26-17-8-15-12(9-25-18(23-2)16(15)10-24-17)3-4-13-5-6-28(27-13)20(21)22/h5-6,8-11,14,20H,7H2,1-2H3,(H,23,25)(H,24,26,29)/t11-,14+/m1/s1. The number of amides is 1. The van der Waals surface area contributed by atoms with Crippen molar-refractivity contribution in [2.45, 2.75) is 19.9 Å². The van der Waals surface area contributed by atoms with Crippen molar-refractivity contribution in [2.24, 2.45) is 11.8 Å². The molecule has 1 fully saturated rings. The Bertz CT molecular complexity index is 1150. The van der Waals surface area contributed by atoms with E-state index in [1.54, 1.807) is 25.5 Å². The second-order valence-electron chi connectivity index (χ2n) is 6.90. The summed E-state index contributed by atoms with van der Waals surface area (Å²) >= 11 is 0. The lowest BCUT2D eigenvalue weighted by atomic mass is 10.1. The van der Waals surface area contributed by atoms with Gasteiger partial charge in [-0.1, -0.05) is 12.8 Å². The first-order valence-electron chi connectivity index (χ1n) is 9.09. The fraction of sp³-hybridized carbons (Fsp3) is 0.300. The highest BCUT2D eigenvalue weighted by Gasteiger charge is 2.39. The third-order valence-electron chi connectivity index (χ3n) is 4.84. The zero-order valence-corrected chi connectivity index (χ0v) is 15.8. The smallest absolute Gasteiger partial charge is 0.333 e. The Balaban J connectivity index is 1.70. The van der Waals surface area contributed by atoms with E-state index in [2.05, 4.69) is 37.5 Å². The second kappa shape index (κ2) is 7.47. The molecular weight excluding hydrogens is 378 g/mol. The molecule has 0 unspecified atom stereocenters. The molecule has 7 nitrogen and oxygen atoms in total. The molecule has 1 aliphatic carbocycles. The number of nitrogens with zero attached hydrogens (tertiary/aromatic N) is 4. The monoisotopic (exact) mass is 396 g/mol. The lowest BCUT2D eigenvalue weighted by Gasteiger charge is -2.09. The van der Waals surface area contributed by atoms with Gasteiger partial charge >= 0.3 is 6.55 Å². The molecule has 0 radical (unpaired) electrons. The minimum Gasteiger partial charge on any atom is -0.373 e. The molecule has 2 N–H and O–H groups in total. The maximum atomic E-state index is 12.7. The van der Waals surface area contributed by atoms with Gasteiger partial charge in [-0.05, 0) is 30.4 Å². The summed E-state index contributed by atoms with van der Waals surface area (Å²) in [5, 5.41) is 11.0. The Morgan fingerprint density at radius 1 is 1.28 bits per heavy atom. The number of carbonyl (C=O) groups is 1. The predicted molar refractivity (Wildman–Crippen MR) is 104 cm³/mol. The zero-order valence-electron chi connectivity index (χ0n) is 15.8. The third-order valence-corrected chi connectivity index (χ3v) is 4.84. The van der Waals surface area contributed by atoms with Crippen LogP contribution in [-0.2, 0) is 4.79 Å². The topological polar surface area (TPSA) is 84.7 Å². The Hall–Kier alpha value is -3.54. The van der Waals surface area contributed by atoms with E-state index in [1.807, 2.05) is 6.92 Å². The van der Waals surface area contributed by atoms with Crippen molar-refractivity contribution in [2.75, 3.05) is 17.7 Å². The highest BCUT2D eigenvalue weighted by molar-refractivity contribution is 5.99. The Morgan fingerprint density at radius 3 is 2.72 bits per heavy atom. The maximum absolute atomic E-state index is 12.7. The number of carbonyl (C=O) groups excluding carboxylic acids is 1. The summed E-state index contributed by atoms with van der Waals surface area (Å²) in [6, 6.07) is 3.16. The molecule has 29 heavy (non-hydrogen) atoms. The number of aromatic nitrogens is 4. The van der Waals surface area contributed by atoms with Gasteiger partial charge in [-0.3, -0.25) is 4.79 Å². The molecule has 1 amide bonds. The molecule has 4 rings (SSSR count). The fourth-order valence-corrected chi connectivity index (χ4v) is 3.05. The number of fused-ring (bicyclic) bond motifs is 1. The molecule has 3 heterocycles. The van der Waals surface area contributed by atoms with Gasteiger partial charge in [-0.15, -0.1) is 0 Å². The number of alkyl halides is 2. The summed E-state index contributed by atoms with van der Waals surface area (Å²) in [6.07, 6.45) is 5.26. The van der Waals surface area contributed by atoms with E-state index in [0.717, 1.165) is 17.2 Å². The predicted octanol–water partition coefficient (Wildman–Crippen LogP) is 3.26. The van der Waals surface area contributed by atoms with E-state index in [9.17, 15) is 13.6 Å². The zero-order chi connectivity index (χ0) is 20.5. The van der Waals surface area contributed by atoms with Gasteiger partial charge in [-0.25, -0.2) is 14.6 Å². The molecule has 1 aliphatic rings. The number of nitrogens with one attached hydrogen (secondary N) is 2. The van der Waals surface area contributed by atoms with Gasteiger partial charge in [0.2, 0.25) is 5.91 Å². The van der Waals surface area contributed by atoms with Crippen LogP contribution in [0.2, 0.25) is 0 Å². The molecule has 0 saturated heterocycles. The van der Waals surface area contributed by atoms with Crippen LogP contribution in [0.3, 0.4) is 0 Å².